The van der Waals surface area contributed by atoms with Gasteiger partial charge in [0.05, 0.1) is 19.0 Å². The van der Waals surface area contributed by atoms with Crippen LogP contribution in [0.15, 0.2) is 36.5 Å². The minimum Gasteiger partial charge on any atom is -0.497 e. The number of hydrogen-bond donors (Lipinski definition) is 0. The van der Waals surface area contributed by atoms with E-state index in [1.807, 2.05) is 32.0 Å². The number of pyridine rings is 1. The smallest absolute Gasteiger partial charge is 0.416 e. The molecule has 3 heterocycles. The average Bonchev–Trinajstić information content (AvgIpc) is 2.72. The van der Waals surface area contributed by atoms with E-state index in [0.717, 1.165) is 22.6 Å². The topological polar surface area (TPSA) is 89.0 Å². The number of benzene rings is 1. The maximum atomic E-state index is 12.6. The Balaban J connectivity index is 1.42. The molecule has 8 heteroatoms. The predicted octanol–water partition coefficient (Wildman–Crippen LogP) is 3.33. The van der Waals surface area contributed by atoms with E-state index in [0.29, 0.717) is 18.8 Å². The summed E-state index contributed by atoms with van der Waals surface area (Å²) in [4.78, 5) is 44.3. The van der Waals surface area contributed by atoms with E-state index in [4.69, 9.17) is 9.47 Å². The Hall–Kier alpha value is -3.42. The van der Waals surface area contributed by atoms with E-state index in [9.17, 15) is 14.4 Å². The van der Waals surface area contributed by atoms with Gasteiger partial charge in [-0.3, -0.25) is 9.59 Å². The van der Waals surface area contributed by atoms with Crippen LogP contribution in [0.2, 0.25) is 0 Å². The van der Waals surface area contributed by atoms with E-state index in [2.05, 4.69) is 4.98 Å². The molecule has 3 amide bonds. The number of nitrogens with zero attached hydrogens (tertiary/aromatic N) is 3. The number of anilines is 1. The molecule has 0 radical (unpaired) electrons. The average molecular weight is 423 g/mol. The molecule has 0 unspecified atom stereocenters. The molecule has 2 aliphatic rings. The first-order valence-corrected chi connectivity index (χ1v) is 10.2. The lowest BCUT2D eigenvalue weighted by Crippen LogP contribution is -2.46. The van der Waals surface area contributed by atoms with Gasteiger partial charge >= 0.3 is 6.09 Å². The van der Waals surface area contributed by atoms with Crippen molar-refractivity contribution in [3.63, 3.8) is 0 Å². The van der Waals surface area contributed by atoms with Gasteiger partial charge in [0.25, 0.3) is 0 Å². The molecule has 0 spiro atoms. The first-order valence-electron chi connectivity index (χ1n) is 10.2. The third-order valence-electron chi connectivity index (χ3n) is 5.61. The zero-order valence-electron chi connectivity index (χ0n) is 17.9. The summed E-state index contributed by atoms with van der Waals surface area (Å²) in [5, 5.41) is 0. The fraction of sp³-hybridized carbons (Fsp3) is 0.391. The van der Waals surface area contributed by atoms with E-state index in [-0.39, 0.29) is 36.0 Å². The number of ether oxygens (including phenoxy) is 2. The van der Waals surface area contributed by atoms with Crippen LogP contribution >= 0.6 is 0 Å². The zero-order valence-corrected chi connectivity index (χ0v) is 17.9. The number of carbonyl (C=O) groups is 3. The van der Waals surface area contributed by atoms with Crippen LogP contribution in [0.4, 0.5) is 10.5 Å². The van der Waals surface area contributed by atoms with Crippen LogP contribution in [-0.2, 0) is 22.6 Å². The number of hydrogen-bond acceptors (Lipinski definition) is 6. The van der Waals surface area contributed by atoms with Gasteiger partial charge in [-0.1, -0.05) is 19.9 Å². The molecule has 1 saturated heterocycles. The van der Waals surface area contributed by atoms with Crippen molar-refractivity contribution >= 4 is 23.6 Å². The highest BCUT2D eigenvalue weighted by Crippen LogP contribution is 2.34. The number of amides is 3. The number of carbonyl (C=O) groups excluding carboxylic acids is 3. The molecule has 4 rings (SSSR count). The molecule has 0 atom stereocenters. The van der Waals surface area contributed by atoms with Crippen LogP contribution in [0.25, 0.3) is 0 Å². The predicted molar refractivity (Wildman–Crippen MR) is 113 cm³/mol. The molecular formula is C23H25N3O5. The molecule has 0 aliphatic carbocycles. The van der Waals surface area contributed by atoms with Gasteiger partial charge in [-0.15, -0.1) is 0 Å². The lowest BCUT2D eigenvalue weighted by atomic mass is 9.81. The van der Waals surface area contributed by atoms with Crippen molar-refractivity contribution in [3.05, 3.63) is 47.7 Å². The summed E-state index contributed by atoms with van der Waals surface area (Å²) in [5.41, 5.74) is 2.25. The Labute approximate surface area is 180 Å². The Kier molecular flexibility index (Phi) is 5.39. The number of aromatic nitrogens is 1. The van der Waals surface area contributed by atoms with Gasteiger partial charge in [-0.05, 0) is 41.2 Å². The van der Waals surface area contributed by atoms with E-state index < -0.39 is 6.09 Å². The van der Waals surface area contributed by atoms with Gasteiger partial charge in [0.1, 0.15) is 5.75 Å². The van der Waals surface area contributed by atoms with Crippen LogP contribution in [0.3, 0.4) is 0 Å². The van der Waals surface area contributed by atoms with Crippen molar-refractivity contribution in [2.45, 2.75) is 39.7 Å². The fourth-order valence-corrected chi connectivity index (χ4v) is 4.00. The van der Waals surface area contributed by atoms with Gasteiger partial charge in [0.15, 0.2) is 0 Å². The van der Waals surface area contributed by atoms with Gasteiger partial charge in [-0.25, -0.2) is 14.7 Å². The van der Waals surface area contributed by atoms with Crippen molar-refractivity contribution < 1.29 is 23.9 Å². The summed E-state index contributed by atoms with van der Waals surface area (Å²) in [5.74, 6) is 0.351. The molecule has 0 saturated carbocycles. The second kappa shape index (κ2) is 8.02. The Morgan fingerprint density at radius 3 is 2.45 bits per heavy atom. The summed E-state index contributed by atoms with van der Waals surface area (Å²) >= 11 is 0. The monoisotopic (exact) mass is 423 g/mol. The maximum Gasteiger partial charge on any atom is 0.416 e. The lowest BCUT2D eigenvalue weighted by molar-refractivity contribution is -0.132. The van der Waals surface area contributed by atoms with Crippen LogP contribution < -0.4 is 14.4 Å². The van der Waals surface area contributed by atoms with E-state index in [1.54, 1.807) is 18.1 Å². The molecule has 31 heavy (non-hydrogen) atoms. The van der Waals surface area contributed by atoms with Crippen LogP contribution in [0.5, 0.6) is 11.6 Å². The quantitative estimate of drug-likeness (QED) is 0.704. The highest BCUT2D eigenvalue weighted by molar-refractivity contribution is 6.16. The molecule has 2 aromatic rings. The standard InChI is InChI=1S/C23H25N3O5/c1-23(2)11-20(27)26(21(28)12-23)17-5-7-19(24-13-17)31-22(29)25-9-8-15-4-6-18(30-3)10-16(15)14-25/h4-7,10,13H,8-9,11-12,14H2,1-3H3. The van der Waals surface area contributed by atoms with Gasteiger partial charge < -0.3 is 14.4 Å². The van der Waals surface area contributed by atoms with Gasteiger partial charge in [0, 0.05) is 32.0 Å². The largest absolute Gasteiger partial charge is 0.497 e. The second-order valence-electron chi connectivity index (χ2n) is 8.67. The number of piperidine rings is 1. The highest BCUT2D eigenvalue weighted by atomic mass is 16.6. The van der Waals surface area contributed by atoms with Crippen molar-refractivity contribution in [1.29, 1.82) is 0 Å². The summed E-state index contributed by atoms with van der Waals surface area (Å²) < 4.78 is 10.7. The SMILES string of the molecule is COc1ccc2c(c1)CN(C(=O)Oc1ccc(N3C(=O)CC(C)(C)CC3=O)cn1)CC2. The molecule has 2 aliphatic heterocycles. The first-order chi connectivity index (χ1) is 14.8. The van der Waals surface area contributed by atoms with Crippen LogP contribution in [0.1, 0.15) is 37.8 Å². The highest BCUT2D eigenvalue weighted by Gasteiger charge is 2.38. The molecule has 1 aromatic carbocycles. The summed E-state index contributed by atoms with van der Waals surface area (Å²) in [6.45, 7) is 4.77. The number of fused-ring (bicyclic) bond motifs is 1. The Morgan fingerprint density at radius 1 is 1.06 bits per heavy atom. The summed E-state index contributed by atoms with van der Waals surface area (Å²) in [6.07, 6.45) is 2.19. The van der Waals surface area contributed by atoms with Crippen molar-refractivity contribution in [3.8, 4) is 11.6 Å². The Bertz CT molecular complexity index is 1010. The molecule has 8 nitrogen and oxygen atoms in total. The number of rotatable bonds is 3. The molecule has 1 aromatic heterocycles. The number of imide groups is 1. The first kappa shape index (κ1) is 20.8. The van der Waals surface area contributed by atoms with Crippen LogP contribution in [0, 0.1) is 5.41 Å². The fourth-order valence-electron chi connectivity index (χ4n) is 4.00. The molecular weight excluding hydrogens is 398 g/mol. The summed E-state index contributed by atoms with van der Waals surface area (Å²) in [7, 11) is 1.61. The Morgan fingerprint density at radius 2 is 1.81 bits per heavy atom. The minimum absolute atomic E-state index is 0.113. The van der Waals surface area contributed by atoms with Crippen molar-refractivity contribution in [2.24, 2.45) is 5.41 Å². The van der Waals surface area contributed by atoms with Gasteiger partial charge in [-0.2, -0.15) is 0 Å². The molecule has 162 valence electrons. The molecule has 0 N–H and O–H groups in total. The van der Waals surface area contributed by atoms with Gasteiger partial charge in [0.2, 0.25) is 17.7 Å². The number of methoxy groups -OCH3 is 1. The van der Waals surface area contributed by atoms with E-state index in [1.165, 1.54) is 17.8 Å². The summed E-state index contributed by atoms with van der Waals surface area (Å²) in [6, 6.07) is 8.92. The minimum atomic E-state index is -0.499. The zero-order chi connectivity index (χ0) is 22.2. The van der Waals surface area contributed by atoms with Crippen molar-refractivity contribution in [2.75, 3.05) is 18.6 Å². The van der Waals surface area contributed by atoms with Crippen LogP contribution in [-0.4, -0.2) is 41.4 Å². The third-order valence-corrected chi connectivity index (χ3v) is 5.61. The maximum absolute atomic E-state index is 12.6. The van der Waals surface area contributed by atoms with E-state index >= 15 is 0 Å². The van der Waals surface area contributed by atoms with Crippen molar-refractivity contribution in [1.82, 2.24) is 9.88 Å². The lowest BCUT2D eigenvalue weighted by Gasteiger charge is -2.34. The second-order valence-corrected chi connectivity index (χ2v) is 8.67. The normalized spacial score (nSPS) is 17.9. The molecule has 0 bridgehead atoms. The molecule has 1 fully saturated rings. The third kappa shape index (κ3) is 4.38.